The molecule has 0 amide bonds. The van der Waals surface area contributed by atoms with Gasteiger partial charge in [-0.3, -0.25) is 9.36 Å². The van der Waals surface area contributed by atoms with E-state index in [1.165, 1.54) is 22.0 Å². The number of fused-ring (bicyclic) bond motifs is 1. The van der Waals surface area contributed by atoms with Crippen molar-refractivity contribution in [3.8, 4) is 11.3 Å². The van der Waals surface area contributed by atoms with Crippen molar-refractivity contribution in [2.24, 2.45) is 4.99 Å². The lowest BCUT2D eigenvalue weighted by Gasteiger charge is -2.24. The van der Waals surface area contributed by atoms with Crippen molar-refractivity contribution in [3.05, 3.63) is 114 Å². The highest BCUT2D eigenvalue weighted by molar-refractivity contribution is 7.07. The summed E-state index contributed by atoms with van der Waals surface area (Å²) in [5.41, 5.74) is 2.87. The Kier molecular flexibility index (Phi) is 6.69. The number of hydrogen-bond acceptors (Lipinski definition) is 7. The van der Waals surface area contributed by atoms with Crippen LogP contribution in [0.5, 0.6) is 0 Å². The molecule has 1 atom stereocenters. The predicted octanol–water partition coefficient (Wildman–Crippen LogP) is 4.06. The summed E-state index contributed by atoms with van der Waals surface area (Å²) in [6, 6.07) is 16.9. The van der Waals surface area contributed by atoms with Crippen molar-refractivity contribution in [2.75, 3.05) is 6.61 Å². The minimum atomic E-state index is -1.06. The molecule has 1 aliphatic rings. The molecule has 0 radical (unpaired) electrons. The van der Waals surface area contributed by atoms with Crippen molar-refractivity contribution >= 4 is 29.4 Å². The second-order valence-corrected chi connectivity index (χ2v) is 9.77. The molecule has 0 aliphatic carbocycles. The Hall–Kier alpha value is -4.50. The molecule has 0 bridgehead atoms. The molecule has 3 heterocycles. The summed E-state index contributed by atoms with van der Waals surface area (Å²) in [6.07, 6.45) is 1.60. The summed E-state index contributed by atoms with van der Waals surface area (Å²) < 4.78 is 13.1. The highest BCUT2D eigenvalue weighted by Gasteiger charge is 2.33. The van der Waals surface area contributed by atoms with Gasteiger partial charge >= 0.3 is 11.9 Å². The van der Waals surface area contributed by atoms with Gasteiger partial charge in [-0.05, 0) is 44.5 Å². The fraction of sp³-hybridized carbons (Fsp3) is 0.172. The number of esters is 1. The van der Waals surface area contributed by atoms with E-state index >= 15 is 0 Å². The predicted molar refractivity (Wildman–Crippen MR) is 143 cm³/mol. The van der Waals surface area contributed by atoms with E-state index < -0.39 is 18.0 Å². The van der Waals surface area contributed by atoms with Crippen LogP contribution in [0.3, 0.4) is 0 Å². The van der Waals surface area contributed by atoms with Gasteiger partial charge in [0.1, 0.15) is 11.5 Å². The van der Waals surface area contributed by atoms with E-state index in [4.69, 9.17) is 9.15 Å². The number of aromatic nitrogens is 1. The van der Waals surface area contributed by atoms with Gasteiger partial charge in [-0.25, -0.2) is 14.6 Å². The Morgan fingerprint density at radius 1 is 1.11 bits per heavy atom. The first-order valence-electron chi connectivity index (χ1n) is 12.0. The number of benzene rings is 2. The smallest absolute Gasteiger partial charge is 0.338 e. The number of allylic oxidation sites excluding steroid dienone is 1. The maximum Gasteiger partial charge on any atom is 0.338 e. The normalized spacial score (nSPS) is 15.2. The van der Waals surface area contributed by atoms with Gasteiger partial charge in [0.05, 0.1) is 34.0 Å². The summed E-state index contributed by atoms with van der Waals surface area (Å²) in [4.78, 5) is 43.3. The molecule has 0 spiro atoms. The van der Waals surface area contributed by atoms with Crippen LogP contribution < -0.4 is 14.9 Å². The van der Waals surface area contributed by atoms with Gasteiger partial charge in [0.25, 0.3) is 5.56 Å². The van der Waals surface area contributed by atoms with E-state index in [9.17, 15) is 19.5 Å². The lowest BCUT2D eigenvalue weighted by molar-refractivity contribution is -0.139. The van der Waals surface area contributed by atoms with Crippen LogP contribution in [0.2, 0.25) is 0 Å². The zero-order chi connectivity index (χ0) is 27.0. The number of ether oxygens (including phenoxy) is 1. The van der Waals surface area contributed by atoms with E-state index in [-0.39, 0.29) is 17.7 Å². The number of aryl methyl sites for hydroxylation is 1. The third-order valence-electron chi connectivity index (χ3n) is 6.23. The Morgan fingerprint density at radius 2 is 1.84 bits per heavy atom. The van der Waals surface area contributed by atoms with E-state index in [1.807, 2.05) is 31.2 Å². The highest BCUT2D eigenvalue weighted by Crippen LogP contribution is 2.31. The van der Waals surface area contributed by atoms with Crippen LogP contribution in [0.4, 0.5) is 0 Å². The fourth-order valence-corrected chi connectivity index (χ4v) is 5.47. The van der Waals surface area contributed by atoms with Crippen LogP contribution in [-0.2, 0) is 9.53 Å². The lowest BCUT2D eigenvalue weighted by atomic mass is 9.95. The van der Waals surface area contributed by atoms with E-state index in [0.29, 0.717) is 37.7 Å². The van der Waals surface area contributed by atoms with Gasteiger partial charge in [-0.2, -0.15) is 0 Å². The summed E-state index contributed by atoms with van der Waals surface area (Å²) in [7, 11) is 0. The second kappa shape index (κ2) is 10.1. The molecule has 0 saturated carbocycles. The van der Waals surface area contributed by atoms with Crippen LogP contribution in [0.25, 0.3) is 17.4 Å². The lowest BCUT2D eigenvalue weighted by Crippen LogP contribution is -2.39. The number of hydrogen-bond donors (Lipinski definition) is 1. The van der Waals surface area contributed by atoms with Gasteiger partial charge in [0, 0.05) is 11.6 Å². The monoisotopic (exact) mass is 528 g/mol. The van der Waals surface area contributed by atoms with Crippen molar-refractivity contribution in [2.45, 2.75) is 26.8 Å². The SMILES string of the molecule is CCOC(=O)C1=C(C)N=c2sc(=Cc3ccc(-c4ccccc4C(=O)O)o3)c(=O)n2C1c1ccc(C)cc1. The number of furan rings is 1. The van der Waals surface area contributed by atoms with Crippen LogP contribution in [-0.4, -0.2) is 28.2 Å². The average molecular weight is 529 g/mol. The van der Waals surface area contributed by atoms with E-state index in [1.54, 1.807) is 50.3 Å². The largest absolute Gasteiger partial charge is 0.478 e. The Morgan fingerprint density at radius 3 is 2.55 bits per heavy atom. The third kappa shape index (κ3) is 4.52. The van der Waals surface area contributed by atoms with E-state index in [2.05, 4.69) is 4.99 Å². The minimum Gasteiger partial charge on any atom is -0.478 e. The zero-order valence-corrected chi connectivity index (χ0v) is 21.7. The fourth-order valence-electron chi connectivity index (χ4n) is 4.44. The molecular formula is C29H24N2O6S. The molecule has 9 heteroatoms. The molecule has 2 aromatic heterocycles. The number of carbonyl (C=O) groups excluding carboxylic acids is 1. The molecule has 192 valence electrons. The van der Waals surface area contributed by atoms with Crippen molar-refractivity contribution < 1.29 is 23.8 Å². The number of carbonyl (C=O) groups is 2. The van der Waals surface area contributed by atoms with Crippen LogP contribution in [0.1, 0.15) is 47.1 Å². The molecule has 4 aromatic rings. The number of nitrogens with zero attached hydrogens (tertiary/aromatic N) is 2. The van der Waals surface area contributed by atoms with Crippen molar-refractivity contribution in [1.82, 2.24) is 4.57 Å². The van der Waals surface area contributed by atoms with Gasteiger partial charge in [0.15, 0.2) is 4.80 Å². The molecule has 2 aromatic carbocycles. The van der Waals surface area contributed by atoms with Crippen LogP contribution in [0, 0.1) is 6.92 Å². The molecule has 38 heavy (non-hydrogen) atoms. The van der Waals surface area contributed by atoms with Gasteiger partial charge < -0.3 is 14.3 Å². The first-order valence-corrected chi connectivity index (χ1v) is 12.8. The number of aromatic carboxylic acids is 1. The van der Waals surface area contributed by atoms with Crippen molar-refractivity contribution in [3.63, 3.8) is 0 Å². The Balaban J connectivity index is 1.64. The average Bonchev–Trinajstić information content (AvgIpc) is 3.48. The third-order valence-corrected chi connectivity index (χ3v) is 7.22. The summed E-state index contributed by atoms with van der Waals surface area (Å²) in [6.45, 7) is 5.64. The molecule has 0 saturated heterocycles. The number of carboxylic acids is 1. The number of carboxylic acid groups (broad SMARTS) is 1. The highest BCUT2D eigenvalue weighted by atomic mass is 32.1. The molecular weight excluding hydrogens is 504 g/mol. The van der Waals surface area contributed by atoms with Crippen molar-refractivity contribution in [1.29, 1.82) is 0 Å². The molecule has 5 rings (SSSR count). The first kappa shape index (κ1) is 25.2. The Labute approximate surface area is 221 Å². The molecule has 0 fully saturated rings. The molecule has 1 N–H and O–H groups in total. The van der Waals surface area contributed by atoms with Gasteiger partial charge in [-0.15, -0.1) is 0 Å². The minimum absolute atomic E-state index is 0.118. The second-order valence-electron chi connectivity index (χ2n) is 8.77. The standard InChI is InChI=1S/C29H24N2O6S/c1-4-36-28(35)24-17(3)30-29-31(25(24)18-11-9-16(2)10-12-18)26(32)23(38-29)15-19-13-14-22(37-19)20-7-5-6-8-21(20)27(33)34/h5-15,25H,4H2,1-3H3,(H,33,34). The number of thiazole rings is 1. The van der Waals surface area contributed by atoms with Gasteiger partial charge in [-0.1, -0.05) is 59.4 Å². The van der Waals surface area contributed by atoms with Crippen LogP contribution >= 0.6 is 11.3 Å². The zero-order valence-electron chi connectivity index (χ0n) is 20.9. The van der Waals surface area contributed by atoms with Crippen LogP contribution in [0.15, 0.2) is 86.1 Å². The molecule has 1 unspecified atom stereocenters. The molecule has 1 aliphatic heterocycles. The maximum absolute atomic E-state index is 13.7. The Bertz CT molecular complexity index is 1770. The summed E-state index contributed by atoms with van der Waals surface area (Å²) in [5.74, 6) is -0.809. The van der Waals surface area contributed by atoms with E-state index in [0.717, 1.165) is 11.1 Å². The quantitative estimate of drug-likeness (QED) is 0.378. The topological polar surface area (TPSA) is 111 Å². The summed E-state index contributed by atoms with van der Waals surface area (Å²) >= 11 is 1.19. The maximum atomic E-state index is 13.7. The summed E-state index contributed by atoms with van der Waals surface area (Å²) in [5, 5.41) is 9.51. The first-order chi connectivity index (χ1) is 18.3. The molecule has 8 nitrogen and oxygen atoms in total. The van der Waals surface area contributed by atoms with Gasteiger partial charge in [0.2, 0.25) is 0 Å². The number of rotatable bonds is 6.